The van der Waals surface area contributed by atoms with Gasteiger partial charge in [0.2, 0.25) is 0 Å². The van der Waals surface area contributed by atoms with Crippen LogP contribution in [0.15, 0.2) is 12.7 Å². The van der Waals surface area contributed by atoms with Crippen molar-refractivity contribution in [1.82, 2.24) is 30.4 Å². The average Bonchev–Trinajstić information content (AvgIpc) is 2.63. The van der Waals surface area contributed by atoms with Crippen molar-refractivity contribution in [2.45, 2.75) is 13.8 Å². The molecule has 0 atom stereocenters. The van der Waals surface area contributed by atoms with Crippen LogP contribution in [0, 0.1) is 13.8 Å². The van der Waals surface area contributed by atoms with E-state index in [4.69, 9.17) is 0 Å². The highest BCUT2D eigenvalue weighted by Gasteiger charge is 1.76. The first-order valence-corrected chi connectivity index (χ1v) is 3.43. The lowest BCUT2D eigenvalue weighted by Gasteiger charge is -1.66. The molecule has 0 saturated heterocycles. The summed E-state index contributed by atoms with van der Waals surface area (Å²) in [6.45, 7) is 3.68. The Labute approximate surface area is 69.5 Å². The Bertz CT molecular complexity index is 251. The molecule has 64 valence electrons. The molecule has 0 bridgehead atoms. The lowest BCUT2D eigenvalue weighted by molar-refractivity contribution is 1.04. The van der Waals surface area contributed by atoms with Gasteiger partial charge < -0.3 is 0 Å². The molecule has 0 radical (unpaired) electrons. The van der Waals surface area contributed by atoms with Crippen LogP contribution in [0.5, 0.6) is 0 Å². The summed E-state index contributed by atoms with van der Waals surface area (Å²) in [5.74, 6) is 1.64. The summed E-state index contributed by atoms with van der Waals surface area (Å²) in [5, 5.41) is 12.5. The summed E-state index contributed by atoms with van der Waals surface area (Å²) < 4.78 is 0. The second-order valence-electron chi connectivity index (χ2n) is 2.12. The van der Waals surface area contributed by atoms with Gasteiger partial charge in [0.15, 0.2) is 0 Å². The van der Waals surface area contributed by atoms with E-state index in [0.717, 1.165) is 11.6 Å². The van der Waals surface area contributed by atoms with E-state index in [2.05, 4.69) is 30.4 Å². The summed E-state index contributed by atoms with van der Waals surface area (Å²) in [4.78, 5) is 7.50. The Balaban J connectivity index is 0.000000120. The fraction of sp³-hybridized carbons (Fsp3) is 0.333. The fourth-order valence-electron chi connectivity index (χ4n) is 0.540. The van der Waals surface area contributed by atoms with E-state index < -0.39 is 0 Å². The molecule has 0 aliphatic rings. The van der Waals surface area contributed by atoms with Gasteiger partial charge in [-0.05, 0) is 13.8 Å². The van der Waals surface area contributed by atoms with Crippen molar-refractivity contribution in [2.75, 3.05) is 0 Å². The molecule has 2 heterocycles. The largest absolute Gasteiger partial charge is 0.266 e. The molecular weight excluding hydrogens is 156 g/mol. The molecule has 2 N–H and O–H groups in total. The van der Waals surface area contributed by atoms with Gasteiger partial charge in [0.05, 0.1) is 0 Å². The molecule has 0 amide bonds. The molecule has 2 aromatic heterocycles. The maximum atomic E-state index is 3.75. The quantitative estimate of drug-likeness (QED) is 0.586. The Morgan fingerprint density at radius 2 is 2.08 bits per heavy atom. The summed E-state index contributed by atoms with van der Waals surface area (Å²) >= 11 is 0. The SMILES string of the molecule is Cc1nc[nH]n1.Cc1ncn[nH]1. The lowest BCUT2D eigenvalue weighted by Crippen LogP contribution is -1.68. The van der Waals surface area contributed by atoms with Crippen LogP contribution in [0.3, 0.4) is 0 Å². The number of hydrogen-bond donors (Lipinski definition) is 2. The Morgan fingerprint density at radius 3 is 2.25 bits per heavy atom. The standard InChI is InChI=1S/2C3H5N3/c2*1-3-4-2-5-6-3/h2*2H,1H3,(H,4,5,6). The molecule has 0 unspecified atom stereocenters. The van der Waals surface area contributed by atoms with Crippen LogP contribution in [0.1, 0.15) is 11.6 Å². The molecule has 0 spiro atoms. The first-order valence-electron chi connectivity index (χ1n) is 3.43. The van der Waals surface area contributed by atoms with Crippen LogP contribution in [0.2, 0.25) is 0 Å². The van der Waals surface area contributed by atoms with Crippen LogP contribution in [-0.4, -0.2) is 30.4 Å². The topological polar surface area (TPSA) is 83.1 Å². The van der Waals surface area contributed by atoms with Crippen molar-refractivity contribution < 1.29 is 0 Å². The summed E-state index contributed by atoms with van der Waals surface area (Å²) in [6.07, 6.45) is 3.03. The van der Waals surface area contributed by atoms with Crippen LogP contribution >= 0.6 is 0 Å². The third kappa shape index (κ3) is 2.91. The molecule has 0 saturated carbocycles. The zero-order chi connectivity index (χ0) is 8.81. The van der Waals surface area contributed by atoms with Crippen molar-refractivity contribution in [2.24, 2.45) is 0 Å². The zero-order valence-corrected chi connectivity index (χ0v) is 6.94. The number of H-pyrrole nitrogens is 2. The van der Waals surface area contributed by atoms with Crippen molar-refractivity contribution >= 4 is 0 Å². The second kappa shape index (κ2) is 4.22. The molecule has 0 aliphatic heterocycles. The van der Waals surface area contributed by atoms with Crippen LogP contribution in [0.25, 0.3) is 0 Å². The first-order chi connectivity index (χ1) is 5.79. The number of hydrogen-bond acceptors (Lipinski definition) is 4. The minimum atomic E-state index is 0.787. The average molecular weight is 166 g/mol. The highest BCUT2D eigenvalue weighted by atomic mass is 15.2. The third-order valence-electron chi connectivity index (χ3n) is 1.07. The van der Waals surface area contributed by atoms with E-state index in [1.807, 2.05) is 13.8 Å². The molecule has 0 aromatic carbocycles. The highest BCUT2D eigenvalue weighted by Crippen LogP contribution is 1.73. The minimum Gasteiger partial charge on any atom is -0.266 e. The van der Waals surface area contributed by atoms with Crippen LogP contribution in [-0.2, 0) is 0 Å². The van der Waals surface area contributed by atoms with Gasteiger partial charge in [0.1, 0.15) is 24.3 Å². The number of aromatic amines is 2. The van der Waals surface area contributed by atoms with E-state index in [1.54, 1.807) is 6.33 Å². The normalized spacial score (nSPS) is 8.83. The van der Waals surface area contributed by atoms with Crippen molar-refractivity contribution in [3.05, 3.63) is 24.3 Å². The predicted molar refractivity (Wildman–Crippen MR) is 42.2 cm³/mol. The maximum Gasteiger partial charge on any atom is 0.147 e. The van der Waals surface area contributed by atoms with E-state index in [1.165, 1.54) is 6.33 Å². The summed E-state index contributed by atoms with van der Waals surface area (Å²) in [5.41, 5.74) is 0. The van der Waals surface area contributed by atoms with E-state index in [0.29, 0.717) is 0 Å². The Morgan fingerprint density at radius 1 is 1.25 bits per heavy atom. The number of rotatable bonds is 0. The summed E-state index contributed by atoms with van der Waals surface area (Å²) in [6, 6.07) is 0. The minimum absolute atomic E-state index is 0.787. The monoisotopic (exact) mass is 166 g/mol. The van der Waals surface area contributed by atoms with Gasteiger partial charge in [-0.25, -0.2) is 9.97 Å². The Kier molecular flexibility index (Phi) is 2.95. The highest BCUT2D eigenvalue weighted by molar-refractivity contribution is 4.70. The number of aryl methyl sites for hydroxylation is 2. The predicted octanol–water partition coefficient (Wildman–Crippen LogP) is 0.226. The molecule has 2 aromatic rings. The van der Waals surface area contributed by atoms with Gasteiger partial charge in [-0.15, -0.1) is 0 Å². The van der Waals surface area contributed by atoms with Gasteiger partial charge >= 0.3 is 0 Å². The number of nitrogens with zero attached hydrogens (tertiary/aromatic N) is 4. The molecule has 0 aliphatic carbocycles. The van der Waals surface area contributed by atoms with E-state index >= 15 is 0 Å². The Hall–Kier alpha value is -1.72. The zero-order valence-electron chi connectivity index (χ0n) is 6.94. The lowest BCUT2D eigenvalue weighted by atomic mass is 10.8. The van der Waals surface area contributed by atoms with Crippen molar-refractivity contribution in [3.8, 4) is 0 Å². The maximum absolute atomic E-state index is 3.75. The van der Waals surface area contributed by atoms with Crippen molar-refractivity contribution in [1.29, 1.82) is 0 Å². The third-order valence-corrected chi connectivity index (χ3v) is 1.07. The van der Waals surface area contributed by atoms with Gasteiger partial charge in [-0.1, -0.05) is 0 Å². The molecule has 12 heavy (non-hydrogen) atoms. The fourth-order valence-corrected chi connectivity index (χ4v) is 0.540. The van der Waals surface area contributed by atoms with Crippen LogP contribution < -0.4 is 0 Å². The number of nitrogens with one attached hydrogen (secondary N) is 2. The molecule has 2 rings (SSSR count). The van der Waals surface area contributed by atoms with E-state index in [9.17, 15) is 0 Å². The first kappa shape index (κ1) is 8.38. The van der Waals surface area contributed by atoms with E-state index in [-0.39, 0.29) is 0 Å². The smallest absolute Gasteiger partial charge is 0.147 e. The molecule has 0 fully saturated rings. The van der Waals surface area contributed by atoms with Crippen molar-refractivity contribution in [3.63, 3.8) is 0 Å². The molecule has 6 heteroatoms. The summed E-state index contributed by atoms with van der Waals surface area (Å²) in [7, 11) is 0. The van der Waals surface area contributed by atoms with Gasteiger partial charge in [-0.2, -0.15) is 10.2 Å². The van der Waals surface area contributed by atoms with Gasteiger partial charge in [-0.3, -0.25) is 10.2 Å². The van der Waals surface area contributed by atoms with Gasteiger partial charge in [0.25, 0.3) is 0 Å². The molecular formula is C6H10N6. The molecule has 6 nitrogen and oxygen atoms in total. The van der Waals surface area contributed by atoms with Gasteiger partial charge in [0, 0.05) is 0 Å². The van der Waals surface area contributed by atoms with Crippen LogP contribution in [0.4, 0.5) is 0 Å². The second-order valence-corrected chi connectivity index (χ2v) is 2.12. The number of aromatic nitrogens is 6.